The number of hydrogen-bond acceptors (Lipinski definition) is 4. The van der Waals surface area contributed by atoms with Gasteiger partial charge in [0.15, 0.2) is 0 Å². The van der Waals surface area contributed by atoms with E-state index in [4.69, 9.17) is 5.11 Å². The fourth-order valence-corrected chi connectivity index (χ4v) is 1.25. The molecule has 0 saturated heterocycles. The van der Waals surface area contributed by atoms with Gasteiger partial charge < -0.3 is 9.66 Å². The molecule has 0 aromatic carbocycles. The van der Waals surface area contributed by atoms with Gasteiger partial charge in [-0.3, -0.25) is 9.00 Å². The molecule has 4 nitrogen and oxygen atoms in total. The quantitative estimate of drug-likeness (QED) is 0.649. The molecule has 0 aromatic rings. The van der Waals surface area contributed by atoms with Gasteiger partial charge in [-0.25, -0.2) is 0 Å². The summed E-state index contributed by atoms with van der Waals surface area (Å²) in [7, 11) is -3.40. The molecule has 0 amide bonds. The molecule has 0 aliphatic carbocycles. The number of carboxylic acid groups (broad SMARTS) is 1. The molecular weight excluding hydrogens is 176 g/mol. The highest BCUT2D eigenvalue weighted by Gasteiger charge is 1.97. The van der Waals surface area contributed by atoms with E-state index in [0.717, 1.165) is 0 Å². The summed E-state index contributed by atoms with van der Waals surface area (Å²) in [5.74, 6) is -1.23. The Kier molecular flexibility index (Phi) is 3.77. The van der Waals surface area contributed by atoms with E-state index < -0.39 is 14.7 Å². The predicted molar refractivity (Wildman–Crippen MR) is 38.0 cm³/mol. The number of rotatable bonds is 4. The van der Waals surface area contributed by atoms with Crippen LogP contribution in [0.15, 0.2) is 0 Å². The average Bonchev–Trinajstić information content (AvgIpc) is 1.59. The monoisotopic (exact) mass is 183 g/mol. The molecule has 0 rings (SSSR count). The van der Waals surface area contributed by atoms with Crippen LogP contribution in [-0.2, 0) is 24.8 Å². The van der Waals surface area contributed by atoms with E-state index in [2.05, 4.69) is 11.2 Å². The maximum atomic E-state index is 10.2. The standard InChI is InChI=1S/C4H8O4S2/c5-4(6)2-1-3-10(7,8)9/h1-3H2,(H,5,6)(H,7,8,9)/p-1. The van der Waals surface area contributed by atoms with Crippen LogP contribution in [-0.4, -0.2) is 25.6 Å². The Labute approximate surface area is 63.7 Å². The van der Waals surface area contributed by atoms with Crippen molar-refractivity contribution in [3.63, 3.8) is 0 Å². The van der Waals surface area contributed by atoms with E-state index in [0.29, 0.717) is 0 Å². The van der Waals surface area contributed by atoms with Crippen molar-refractivity contribution in [2.45, 2.75) is 12.8 Å². The minimum Gasteiger partial charge on any atom is -0.769 e. The van der Waals surface area contributed by atoms with Gasteiger partial charge in [0, 0.05) is 12.2 Å². The zero-order chi connectivity index (χ0) is 8.20. The summed E-state index contributed by atoms with van der Waals surface area (Å²) in [5, 5.41) is 8.08. The fourth-order valence-electron chi connectivity index (χ4n) is 0.400. The Hall–Kier alpha value is -0.200. The second-order valence-corrected chi connectivity index (χ2v) is 4.81. The van der Waals surface area contributed by atoms with E-state index in [1.165, 1.54) is 0 Å². The lowest BCUT2D eigenvalue weighted by Crippen LogP contribution is -2.05. The van der Waals surface area contributed by atoms with Crippen molar-refractivity contribution in [2.24, 2.45) is 0 Å². The van der Waals surface area contributed by atoms with Crippen LogP contribution >= 0.6 is 0 Å². The summed E-state index contributed by atoms with van der Waals surface area (Å²) in [6.45, 7) is 0. The Morgan fingerprint density at radius 1 is 1.70 bits per heavy atom. The number of aliphatic carboxylic acids is 1. The summed E-state index contributed by atoms with van der Waals surface area (Å²) in [6, 6.07) is 0. The molecule has 0 bridgehead atoms. The number of carboxylic acids is 1. The first-order valence-corrected chi connectivity index (χ1v) is 5.15. The van der Waals surface area contributed by atoms with Crippen LogP contribution in [0.1, 0.15) is 12.8 Å². The summed E-state index contributed by atoms with van der Waals surface area (Å²) >= 11 is 4.02. The Bertz CT molecular complexity index is 205. The van der Waals surface area contributed by atoms with Crippen molar-refractivity contribution in [3.05, 3.63) is 0 Å². The van der Waals surface area contributed by atoms with Crippen LogP contribution in [0.25, 0.3) is 0 Å². The highest BCUT2D eigenvalue weighted by molar-refractivity contribution is 8.29. The average molecular weight is 183 g/mol. The van der Waals surface area contributed by atoms with Crippen LogP contribution in [0, 0.1) is 0 Å². The Morgan fingerprint density at radius 2 is 2.20 bits per heavy atom. The van der Waals surface area contributed by atoms with Gasteiger partial charge in [-0.2, -0.15) is 0 Å². The van der Waals surface area contributed by atoms with Crippen LogP contribution in [0.3, 0.4) is 0 Å². The van der Waals surface area contributed by atoms with Gasteiger partial charge in [0.25, 0.3) is 0 Å². The molecule has 6 heteroatoms. The highest BCUT2D eigenvalue weighted by Crippen LogP contribution is 1.93. The number of hydrogen-bond donors (Lipinski definition) is 1. The smallest absolute Gasteiger partial charge is 0.303 e. The van der Waals surface area contributed by atoms with Crippen molar-refractivity contribution >= 4 is 25.9 Å². The van der Waals surface area contributed by atoms with Gasteiger partial charge in [-0.1, -0.05) is 0 Å². The van der Waals surface area contributed by atoms with Gasteiger partial charge in [0.1, 0.15) is 0 Å². The molecule has 0 radical (unpaired) electrons. The van der Waals surface area contributed by atoms with E-state index in [9.17, 15) is 13.6 Å². The van der Waals surface area contributed by atoms with Crippen molar-refractivity contribution in [1.29, 1.82) is 0 Å². The van der Waals surface area contributed by atoms with Crippen LogP contribution in [0.2, 0.25) is 0 Å². The van der Waals surface area contributed by atoms with Crippen LogP contribution < -0.4 is 0 Å². The minimum atomic E-state index is -3.40. The molecule has 0 spiro atoms. The molecule has 1 unspecified atom stereocenters. The summed E-state index contributed by atoms with van der Waals surface area (Å²) in [6.07, 6.45) is -0.0446. The zero-order valence-corrected chi connectivity index (χ0v) is 6.74. The van der Waals surface area contributed by atoms with Crippen molar-refractivity contribution in [2.75, 3.05) is 5.75 Å². The third-order valence-corrected chi connectivity index (χ3v) is 2.07. The minimum absolute atomic E-state index is 0.0984. The normalized spacial score (nSPS) is 16.1. The molecule has 0 aliphatic heterocycles. The molecule has 0 fully saturated rings. The molecule has 1 atom stereocenters. The third-order valence-electron chi connectivity index (χ3n) is 0.785. The van der Waals surface area contributed by atoms with Gasteiger partial charge >= 0.3 is 5.97 Å². The molecule has 0 saturated carbocycles. The second-order valence-electron chi connectivity index (χ2n) is 1.76. The maximum Gasteiger partial charge on any atom is 0.303 e. The molecule has 1 N–H and O–H groups in total. The molecule has 0 aliphatic rings. The Balaban J connectivity index is 3.49. The summed E-state index contributed by atoms with van der Waals surface area (Å²) in [4.78, 5) is 9.86. The highest BCUT2D eigenvalue weighted by atomic mass is 32.8. The second kappa shape index (κ2) is 3.85. The topological polar surface area (TPSA) is 77.4 Å². The van der Waals surface area contributed by atoms with Gasteiger partial charge in [-0.15, -0.1) is 0 Å². The molecule has 10 heavy (non-hydrogen) atoms. The zero-order valence-electron chi connectivity index (χ0n) is 5.11. The van der Waals surface area contributed by atoms with Crippen LogP contribution in [0.5, 0.6) is 0 Å². The first-order chi connectivity index (χ1) is 4.42. The Morgan fingerprint density at radius 3 is 2.50 bits per heavy atom. The van der Waals surface area contributed by atoms with Crippen molar-refractivity contribution in [3.8, 4) is 0 Å². The summed E-state index contributed by atoms with van der Waals surface area (Å²) < 4.78 is 20.5. The fraction of sp³-hybridized carbons (Fsp3) is 0.750. The summed E-state index contributed by atoms with van der Waals surface area (Å²) in [5.41, 5.74) is 0. The molecular formula is C4H7O4S2-. The van der Waals surface area contributed by atoms with Crippen molar-refractivity contribution < 1.29 is 18.7 Å². The first-order valence-electron chi connectivity index (χ1n) is 2.57. The van der Waals surface area contributed by atoms with Gasteiger partial charge in [-0.05, 0) is 26.4 Å². The lowest BCUT2D eigenvalue weighted by Gasteiger charge is -2.07. The van der Waals surface area contributed by atoms with E-state index in [-0.39, 0.29) is 18.6 Å². The van der Waals surface area contributed by atoms with Gasteiger partial charge in [0.05, 0.1) is 0 Å². The van der Waals surface area contributed by atoms with Crippen LogP contribution in [0.4, 0.5) is 0 Å². The lowest BCUT2D eigenvalue weighted by molar-refractivity contribution is -0.137. The SMILES string of the molecule is O=C(O)CCCS(=O)([O-])=S. The predicted octanol–water partition coefficient (Wildman–Crippen LogP) is -0.272. The third kappa shape index (κ3) is 7.80. The maximum absolute atomic E-state index is 10.2. The lowest BCUT2D eigenvalue weighted by atomic mass is 10.3. The number of carbonyl (C=O) groups is 1. The van der Waals surface area contributed by atoms with Crippen molar-refractivity contribution in [1.82, 2.24) is 0 Å². The van der Waals surface area contributed by atoms with Gasteiger partial charge in [0.2, 0.25) is 0 Å². The van der Waals surface area contributed by atoms with E-state index >= 15 is 0 Å². The largest absolute Gasteiger partial charge is 0.769 e. The van der Waals surface area contributed by atoms with E-state index in [1.54, 1.807) is 0 Å². The molecule has 60 valence electrons. The molecule has 0 aromatic heterocycles. The van der Waals surface area contributed by atoms with E-state index in [1.807, 2.05) is 0 Å². The molecule has 0 heterocycles. The first kappa shape index (κ1) is 9.80.